The third-order valence-corrected chi connectivity index (χ3v) is 7.31. The highest BCUT2D eigenvalue weighted by molar-refractivity contribution is 6.04. The second kappa shape index (κ2) is 10.1. The maximum Gasteiger partial charge on any atom is 0.256 e. The Morgan fingerprint density at radius 3 is 2.50 bits per heavy atom. The Balaban J connectivity index is 1.34. The van der Waals surface area contributed by atoms with E-state index >= 15 is 0 Å². The number of fused-ring (bicyclic) bond motifs is 1. The predicted octanol–water partition coefficient (Wildman–Crippen LogP) is 3.83. The molecule has 2 aromatic carbocycles. The minimum absolute atomic E-state index is 0.0240. The van der Waals surface area contributed by atoms with Crippen molar-refractivity contribution in [3.05, 3.63) is 83.7 Å². The second-order valence-corrected chi connectivity index (χ2v) is 9.65. The number of aromatic nitrogens is 1. The summed E-state index contributed by atoms with van der Waals surface area (Å²) in [5.41, 5.74) is 4.66. The summed E-state index contributed by atoms with van der Waals surface area (Å²) >= 11 is 0. The number of aliphatic hydroxyl groups excluding tert-OH is 1. The Morgan fingerprint density at radius 2 is 1.78 bits per heavy atom. The number of aliphatic hydroxyl groups is 1. The first-order chi connectivity index (χ1) is 17.4. The maximum absolute atomic E-state index is 12.9. The highest BCUT2D eigenvalue weighted by atomic mass is 16.3. The van der Waals surface area contributed by atoms with Crippen LogP contribution < -0.4 is 10.2 Å². The van der Waals surface area contributed by atoms with Crippen molar-refractivity contribution in [1.82, 2.24) is 14.8 Å². The summed E-state index contributed by atoms with van der Waals surface area (Å²) < 4.78 is 0. The minimum Gasteiger partial charge on any atom is -0.390 e. The number of anilines is 2. The lowest BCUT2D eigenvalue weighted by atomic mass is 9.96. The van der Waals surface area contributed by atoms with Crippen LogP contribution in [0.1, 0.15) is 22.8 Å². The molecule has 36 heavy (non-hydrogen) atoms. The third-order valence-electron chi connectivity index (χ3n) is 7.31. The van der Waals surface area contributed by atoms with Crippen LogP contribution in [0.2, 0.25) is 0 Å². The molecular weight excluding hydrogens is 450 g/mol. The number of hydrogen-bond donors (Lipinski definition) is 2. The lowest BCUT2D eigenvalue weighted by Gasteiger charge is -2.34. The van der Waals surface area contributed by atoms with Gasteiger partial charge in [0.15, 0.2) is 0 Å². The molecule has 0 spiro atoms. The van der Waals surface area contributed by atoms with E-state index < -0.39 is 0 Å². The summed E-state index contributed by atoms with van der Waals surface area (Å²) in [6, 6.07) is 16.1. The van der Waals surface area contributed by atoms with E-state index in [1.165, 1.54) is 0 Å². The molecule has 2 N–H and O–H groups in total. The fraction of sp³-hybridized carbons (Fsp3) is 0.310. The molecule has 2 aliphatic heterocycles. The highest BCUT2D eigenvalue weighted by Gasteiger charge is 2.19. The van der Waals surface area contributed by atoms with Gasteiger partial charge in [0.25, 0.3) is 5.91 Å². The molecule has 1 atom stereocenters. The summed E-state index contributed by atoms with van der Waals surface area (Å²) in [6.07, 6.45) is 5.98. The number of rotatable bonds is 5. The van der Waals surface area contributed by atoms with E-state index in [0.29, 0.717) is 11.4 Å². The molecule has 7 heteroatoms. The molecule has 3 aromatic rings. The van der Waals surface area contributed by atoms with Crippen LogP contribution >= 0.6 is 0 Å². The van der Waals surface area contributed by atoms with Gasteiger partial charge in [0.05, 0.1) is 6.61 Å². The van der Waals surface area contributed by atoms with Gasteiger partial charge in [-0.05, 0) is 61.3 Å². The summed E-state index contributed by atoms with van der Waals surface area (Å²) in [7, 11) is 4.14. The largest absolute Gasteiger partial charge is 0.390 e. The van der Waals surface area contributed by atoms with E-state index in [1.54, 1.807) is 6.20 Å². The van der Waals surface area contributed by atoms with Gasteiger partial charge in [-0.1, -0.05) is 24.3 Å². The van der Waals surface area contributed by atoms with Gasteiger partial charge in [-0.15, -0.1) is 0 Å². The molecular formula is C29H33N5O2. The molecule has 2 aliphatic rings. The first kappa shape index (κ1) is 24.0. The van der Waals surface area contributed by atoms with Crippen molar-refractivity contribution < 1.29 is 9.90 Å². The van der Waals surface area contributed by atoms with E-state index in [2.05, 4.69) is 57.2 Å². The van der Waals surface area contributed by atoms with Crippen LogP contribution in [0, 0.1) is 0 Å². The van der Waals surface area contributed by atoms with Crippen LogP contribution in [-0.2, 0) is 0 Å². The smallest absolute Gasteiger partial charge is 0.256 e. The van der Waals surface area contributed by atoms with Crippen LogP contribution in [0.3, 0.4) is 0 Å². The summed E-state index contributed by atoms with van der Waals surface area (Å²) in [5.74, 6) is 0.327. The average molecular weight is 484 g/mol. The number of allylic oxidation sites excluding steroid dienone is 2. The molecule has 7 nitrogen and oxygen atoms in total. The number of pyridine rings is 1. The van der Waals surface area contributed by atoms with Crippen molar-refractivity contribution in [2.75, 3.05) is 57.1 Å². The van der Waals surface area contributed by atoms with Gasteiger partial charge in [-0.25, -0.2) is 4.98 Å². The van der Waals surface area contributed by atoms with Crippen molar-refractivity contribution in [3.63, 3.8) is 0 Å². The molecule has 0 radical (unpaired) electrons. The molecule has 0 saturated carbocycles. The Kier molecular flexibility index (Phi) is 6.76. The molecule has 1 aromatic heterocycles. The SMILES string of the molecule is CC1C=CC(c2ccc3cnc(NC(=O)c4ccc(N5CCN(C)CC5)cc4)cc3c2)=C(CO)N1C. The minimum atomic E-state index is -0.181. The molecule has 0 bridgehead atoms. The zero-order valence-electron chi connectivity index (χ0n) is 21.1. The van der Waals surface area contributed by atoms with Gasteiger partial charge in [-0.3, -0.25) is 4.79 Å². The number of nitrogens with one attached hydrogen (secondary N) is 1. The second-order valence-electron chi connectivity index (χ2n) is 9.65. The van der Waals surface area contributed by atoms with Crippen molar-refractivity contribution in [2.24, 2.45) is 0 Å². The van der Waals surface area contributed by atoms with E-state index in [4.69, 9.17) is 0 Å². The van der Waals surface area contributed by atoms with Gasteiger partial charge < -0.3 is 25.1 Å². The first-order valence-corrected chi connectivity index (χ1v) is 12.4. The van der Waals surface area contributed by atoms with Crippen LogP contribution in [-0.4, -0.2) is 78.7 Å². The lowest BCUT2D eigenvalue weighted by molar-refractivity contribution is 0.102. The fourth-order valence-corrected chi connectivity index (χ4v) is 4.81. The Labute approximate surface area is 212 Å². The molecule has 5 rings (SSSR count). The number of likely N-dealkylation sites (N-methyl/N-ethyl adjacent to an activating group) is 2. The number of carbonyl (C=O) groups is 1. The van der Waals surface area contributed by atoms with E-state index in [0.717, 1.165) is 59.5 Å². The average Bonchev–Trinajstić information content (AvgIpc) is 2.90. The van der Waals surface area contributed by atoms with Crippen LogP contribution in [0.15, 0.2) is 72.6 Å². The predicted molar refractivity (Wildman–Crippen MR) is 146 cm³/mol. The van der Waals surface area contributed by atoms with Gasteiger partial charge in [-0.2, -0.15) is 0 Å². The maximum atomic E-state index is 12.9. The van der Waals surface area contributed by atoms with Crippen molar-refractivity contribution in [1.29, 1.82) is 0 Å². The van der Waals surface area contributed by atoms with Gasteiger partial charge >= 0.3 is 0 Å². The van der Waals surface area contributed by atoms with Crippen LogP contribution in [0.4, 0.5) is 11.5 Å². The van der Waals surface area contributed by atoms with E-state index in [-0.39, 0.29) is 18.6 Å². The van der Waals surface area contributed by atoms with Crippen LogP contribution in [0.25, 0.3) is 16.3 Å². The first-order valence-electron chi connectivity index (χ1n) is 12.4. The summed E-state index contributed by atoms with van der Waals surface area (Å²) in [4.78, 5) is 24.1. The molecule has 186 valence electrons. The standard InChI is InChI=1S/C29H33N5O2/c1-20-4-11-26(27(19-35)33(20)3)22-5-6-23-18-30-28(17-24(23)16-22)31-29(36)21-7-9-25(10-8-21)34-14-12-32(2)13-15-34/h4-11,16-18,20,35H,12-15,19H2,1-3H3,(H,30,31,36). The third kappa shape index (κ3) is 4.85. The lowest BCUT2D eigenvalue weighted by Crippen LogP contribution is -2.44. The number of nitrogens with zero attached hydrogens (tertiary/aromatic N) is 4. The van der Waals surface area contributed by atoms with E-state index in [1.807, 2.05) is 49.5 Å². The number of amides is 1. The normalized spacial score (nSPS) is 18.7. The van der Waals surface area contributed by atoms with Gasteiger partial charge in [0.1, 0.15) is 5.82 Å². The monoisotopic (exact) mass is 483 g/mol. The molecule has 1 saturated heterocycles. The van der Waals surface area contributed by atoms with Gasteiger partial charge in [0.2, 0.25) is 0 Å². The van der Waals surface area contributed by atoms with Crippen molar-refractivity contribution in [3.8, 4) is 0 Å². The number of hydrogen-bond acceptors (Lipinski definition) is 6. The van der Waals surface area contributed by atoms with E-state index in [9.17, 15) is 9.90 Å². The Morgan fingerprint density at radius 1 is 1.03 bits per heavy atom. The van der Waals surface area contributed by atoms with Crippen LogP contribution in [0.5, 0.6) is 0 Å². The molecule has 1 fully saturated rings. The number of carbonyl (C=O) groups excluding carboxylic acids is 1. The molecule has 1 amide bonds. The van der Waals surface area contributed by atoms with Crippen molar-refractivity contribution >= 4 is 33.8 Å². The van der Waals surface area contributed by atoms with Gasteiger partial charge in [0, 0.05) is 73.4 Å². The molecule has 0 aliphatic carbocycles. The number of benzene rings is 2. The summed E-state index contributed by atoms with van der Waals surface area (Å²) in [5, 5.41) is 14.9. The summed E-state index contributed by atoms with van der Waals surface area (Å²) in [6.45, 7) is 6.15. The Hall–Kier alpha value is -3.68. The zero-order chi connectivity index (χ0) is 25.2. The number of piperazine rings is 1. The topological polar surface area (TPSA) is 71.9 Å². The Bertz CT molecular complexity index is 1320. The zero-order valence-corrected chi connectivity index (χ0v) is 21.1. The molecule has 3 heterocycles. The highest BCUT2D eigenvalue weighted by Crippen LogP contribution is 2.30. The quantitative estimate of drug-likeness (QED) is 0.575. The fourth-order valence-electron chi connectivity index (χ4n) is 4.81. The van der Waals surface area contributed by atoms with Crippen molar-refractivity contribution in [2.45, 2.75) is 13.0 Å². The molecule has 1 unspecified atom stereocenters.